The number of phenols is 1. The number of hydrogen-bond acceptors (Lipinski definition) is 3. The van der Waals surface area contributed by atoms with Gasteiger partial charge in [0.2, 0.25) is 0 Å². The molecular formula is C16H14F3NO2. The molecule has 0 aliphatic heterocycles. The lowest BCUT2D eigenvalue weighted by atomic mass is 10.2. The molecule has 1 N–H and O–H groups in total. The average Bonchev–Trinajstić information content (AvgIpc) is 2.48. The summed E-state index contributed by atoms with van der Waals surface area (Å²) in [7, 11) is 0. The second-order valence-corrected chi connectivity index (χ2v) is 4.43. The molecule has 116 valence electrons. The van der Waals surface area contributed by atoms with Crippen LogP contribution in [-0.4, -0.2) is 17.9 Å². The topological polar surface area (TPSA) is 41.8 Å². The third kappa shape index (κ3) is 3.78. The van der Waals surface area contributed by atoms with Gasteiger partial charge < -0.3 is 9.84 Å². The zero-order valence-electron chi connectivity index (χ0n) is 11.8. The fourth-order valence-electron chi connectivity index (χ4n) is 1.80. The molecule has 0 heterocycles. The molecule has 0 spiro atoms. The highest BCUT2D eigenvalue weighted by atomic mass is 19.4. The highest BCUT2D eigenvalue weighted by Crippen LogP contribution is 2.31. The fraction of sp³-hybridized carbons (Fsp3) is 0.188. The Hall–Kier alpha value is -2.50. The molecule has 0 saturated carbocycles. The van der Waals surface area contributed by atoms with Crippen LogP contribution in [0.25, 0.3) is 0 Å². The lowest BCUT2D eigenvalue weighted by Gasteiger charge is -2.07. The Balaban J connectivity index is 2.20. The van der Waals surface area contributed by atoms with Gasteiger partial charge >= 0.3 is 6.18 Å². The molecule has 0 fully saturated rings. The van der Waals surface area contributed by atoms with Gasteiger partial charge in [-0.15, -0.1) is 0 Å². The Bertz CT molecular complexity index is 664. The Morgan fingerprint density at radius 2 is 1.82 bits per heavy atom. The highest BCUT2D eigenvalue weighted by Gasteiger charge is 2.29. The third-order valence-electron chi connectivity index (χ3n) is 2.88. The summed E-state index contributed by atoms with van der Waals surface area (Å²) in [4.78, 5) is 4.05. The summed E-state index contributed by atoms with van der Waals surface area (Å²) in [5, 5.41) is 9.98. The van der Waals surface area contributed by atoms with Gasteiger partial charge in [0.15, 0.2) is 11.5 Å². The van der Waals surface area contributed by atoms with Crippen LogP contribution in [0.2, 0.25) is 0 Å². The maximum Gasteiger partial charge on any atom is 0.416 e. The molecule has 0 saturated heterocycles. The summed E-state index contributed by atoms with van der Waals surface area (Å²) in [5.74, 6) is 0.277. The van der Waals surface area contributed by atoms with Crippen LogP contribution in [0, 0.1) is 0 Å². The lowest BCUT2D eigenvalue weighted by Crippen LogP contribution is -2.03. The van der Waals surface area contributed by atoms with Crippen molar-refractivity contribution in [3.05, 3.63) is 53.6 Å². The maximum atomic E-state index is 12.5. The minimum absolute atomic E-state index is 0.0555. The van der Waals surface area contributed by atoms with Crippen LogP contribution in [0.1, 0.15) is 18.1 Å². The molecule has 0 amide bonds. The molecule has 2 aromatic carbocycles. The molecule has 0 atom stereocenters. The molecule has 0 aliphatic carbocycles. The van der Waals surface area contributed by atoms with Crippen molar-refractivity contribution in [2.45, 2.75) is 13.1 Å². The zero-order chi connectivity index (χ0) is 16.2. The van der Waals surface area contributed by atoms with Crippen LogP contribution in [0.3, 0.4) is 0 Å². The molecule has 2 aromatic rings. The van der Waals surface area contributed by atoms with Crippen molar-refractivity contribution < 1.29 is 23.0 Å². The van der Waals surface area contributed by atoms with Crippen LogP contribution in [0.5, 0.6) is 11.5 Å². The van der Waals surface area contributed by atoms with E-state index in [1.165, 1.54) is 18.3 Å². The summed E-state index contributed by atoms with van der Waals surface area (Å²) in [6.07, 6.45) is -2.99. The predicted octanol–water partition coefficient (Wildman–Crippen LogP) is 4.56. The Morgan fingerprint density at radius 1 is 1.14 bits per heavy atom. The van der Waals surface area contributed by atoms with E-state index in [0.29, 0.717) is 23.6 Å². The number of benzene rings is 2. The van der Waals surface area contributed by atoms with E-state index < -0.39 is 11.7 Å². The number of aliphatic imine (C=N–C) groups is 1. The zero-order valence-corrected chi connectivity index (χ0v) is 11.8. The monoisotopic (exact) mass is 309 g/mol. The first-order valence-corrected chi connectivity index (χ1v) is 6.58. The molecule has 0 unspecified atom stereocenters. The number of nitrogens with zero attached hydrogens (tertiary/aromatic N) is 1. The maximum absolute atomic E-state index is 12.5. The summed E-state index contributed by atoms with van der Waals surface area (Å²) in [5.41, 5.74) is 0.0488. The third-order valence-corrected chi connectivity index (χ3v) is 2.88. The van der Waals surface area contributed by atoms with Crippen LogP contribution in [-0.2, 0) is 6.18 Å². The van der Waals surface area contributed by atoms with Crippen molar-refractivity contribution in [1.82, 2.24) is 0 Å². The predicted molar refractivity (Wildman–Crippen MR) is 78.0 cm³/mol. The van der Waals surface area contributed by atoms with Crippen LogP contribution >= 0.6 is 0 Å². The lowest BCUT2D eigenvalue weighted by molar-refractivity contribution is -0.137. The van der Waals surface area contributed by atoms with E-state index in [0.717, 1.165) is 12.1 Å². The second-order valence-electron chi connectivity index (χ2n) is 4.43. The van der Waals surface area contributed by atoms with Crippen molar-refractivity contribution in [3.8, 4) is 11.5 Å². The summed E-state index contributed by atoms with van der Waals surface area (Å²) in [6.45, 7) is 2.20. The van der Waals surface area contributed by atoms with Gasteiger partial charge in [0.25, 0.3) is 0 Å². The molecule has 0 bridgehead atoms. The second kappa shape index (κ2) is 6.51. The van der Waals surface area contributed by atoms with E-state index in [1.807, 2.05) is 0 Å². The first kappa shape index (κ1) is 15.9. The van der Waals surface area contributed by atoms with Gasteiger partial charge in [-0.05, 0) is 43.3 Å². The average molecular weight is 309 g/mol. The molecule has 0 aliphatic rings. The largest absolute Gasteiger partial charge is 0.504 e. The number of phenolic OH excluding ortho intramolecular Hbond substituents is 1. The highest BCUT2D eigenvalue weighted by molar-refractivity contribution is 5.86. The molecule has 0 aromatic heterocycles. The summed E-state index contributed by atoms with van der Waals surface area (Å²) in [6, 6.07) is 9.40. The quantitative estimate of drug-likeness (QED) is 0.841. The van der Waals surface area contributed by atoms with Crippen molar-refractivity contribution >= 4 is 11.9 Å². The van der Waals surface area contributed by atoms with Crippen molar-refractivity contribution in [2.24, 2.45) is 4.99 Å². The first-order chi connectivity index (χ1) is 10.4. The van der Waals surface area contributed by atoms with Gasteiger partial charge in [0.1, 0.15) is 0 Å². The smallest absolute Gasteiger partial charge is 0.416 e. The molecule has 6 heteroatoms. The first-order valence-electron chi connectivity index (χ1n) is 6.58. The van der Waals surface area contributed by atoms with Crippen molar-refractivity contribution in [2.75, 3.05) is 6.61 Å². The van der Waals surface area contributed by atoms with Crippen LogP contribution in [0.4, 0.5) is 18.9 Å². The molecule has 22 heavy (non-hydrogen) atoms. The van der Waals surface area contributed by atoms with Crippen molar-refractivity contribution in [1.29, 1.82) is 0 Å². The standard InChI is InChI=1S/C16H14F3NO2/c1-2-22-14-5-3-4-11(15(14)21)10-20-13-8-6-12(7-9-13)16(17,18)19/h3-10,21H,2H2,1H3. The summed E-state index contributed by atoms with van der Waals surface area (Å²) >= 11 is 0. The number of hydrogen-bond donors (Lipinski definition) is 1. The van der Waals surface area contributed by atoms with Gasteiger partial charge in [-0.3, -0.25) is 4.99 Å². The summed E-state index contributed by atoms with van der Waals surface area (Å²) < 4.78 is 42.6. The fourth-order valence-corrected chi connectivity index (χ4v) is 1.80. The van der Waals surface area contributed by atoms with E-state index in [2.05, 4.69) is 4.99 Å². The number of rotatable bonds is 4. The molecule has 2 rings (SSSR count). The number of para-hydroxylation sites is 1. The molecular weight excluding hydrogens is 295 g/mol. The van der Waals surface area contributed by atoms with E-state index in [4.69, 9.17) is 4.74 Å². The van der Waals surface area contributed by atoms with E-state index in [1.54, 1.807) is 25.1 Å². The van der Waals surface area contributed by atoms with Crippen LogP contribution < -0.4 is 4.74 Å². The molecule has 0 radical (unpaired) electrons. The van der Waals surface area contributed by atoms with Gasteiger partial charge in [-0.2, -0.15) is 13.2 Å². The van der Waals surface area contributed by atoms with Gasteiger partial charge in [-0.1, -0.05) is 6.07 Å². The minimum atomic E-state index is -4.37. The number of alkyl halides is 3. The number of ether oxygens (including phenoxy) is 1. The SMILES string of the molecule is CCOc1cccc(C=Nc2ccc(C(F)(F)F)cc2)c1O. The number of aromatic hydroxyl groups is 1. The van der Waals surface area contributed by atoms with Crippen molar-refractivity contribution in [3.63, 3.8) is 0 Å². The van der Waals surface area contributed by atoms with E-state index >= 15 is 0 Å². The Labute approximate surface area is 125 Å². The molecule has 3 nitrogen and oxygen atoms in total. The Kier molecular flexibility index (Phi) is 4.70. The number of halogens is 3. The normalized spacial score (nSPS) is 11.8. The van der Waals surface area contributed by atoms with Gasteiger partial charge in [0.05, 0.1) is 17.9 Å². The van der Waals surface area contributed by atoms with Gasteiger partial charge in [0, 0.05) is 11.8 Å². The van der Waals surface area contributed by atoms with E-state index in [9.17, 15) is 18.3 Å². The van der Waals surface area contributed by atoms with Crippen LogP contribution in [0.15, 0.2) is 47.5 Å². The van der Waals surface area contributed by atoms with Gasteiger partial charge in [-0.25, -0.2) is 0 Å². The Morgan fingerprint density at radius 3 is 2.41 bits per heavy atom. The van der Waals surface area contributed by atoms with E-state index in [-0.39, 0.29) is 5.75 Å². The minimum Gasteiger partial charge on any atom is -0.504 e.